The van der Waals surface area contributed by atoms with Crippen LogP contribution < -0.4 is 5.32 Å². The number of aryl methyl sites for hydroxylation is 1. The summed E-state index contributed by atoms with van der Waals surface area (Å²) in [6.07, 6.45) is 0.660. The van der Waals surface area contributed by atoms with Gasteiger partial charge in [0.15, 0.2) is 0 Å². The molecule has 5 nitrogen and oxygen atoms in total. The molecule has 1 heterocycles. The summed E-state index contributed by atoms with van der Waals surface area (Å²) < 4.78 is 13.0. The van der Waals surface area contributed by atoms with Crippen molar-refractivity contribution < 1.29 is 19.1 Å². The van der Waals surface area contributed by atoms with Crippen molar-refractivity contribution in [3.05, 3.63) is 29.6 Å². The summed E-state index contributed by atoms with van der Waals surface area (Å²) in [7, 11) is 0. The van der Waals surface area contributed by atoms with E-state index in [0.717, 1.165) is 0 Å². The van der Waals surface area contributed by atoms with Gasteiger partial charge in [0.05, 0.1) is 0 Å². The van der Waals surface area contributed by atoms with Gasteiger partial charge in [-0.05, 0) is 43.0 Å². The monoisotopic (exact) mass is 280 g/mol. The number of likely N-dealkylation sites (tertiary alicyclic amines) is 1. The second-order valence-electron chi connectivity index (χ2n) is 5.13. The molecule has 0 spiro atoms. The van der Waals surface area contributed by atoms with Crippen LogP contribution in [0.3, 0.4) is 0 Å². The van der Waals surface area contributed by atoms with E-state index < -0.39 is 18.0 Å². The molecular formula is C14H17FN2O3. The molecular weight excluding hydrogens is 263 g/mol. The third-order valence-corrected chi connectivity index (χ3v) is 3.64. The number of nitrogens with one attached hydrogen (secondary N) is 1. The van der Waals surface area contributed by atoms with E-state index in [2.05, 4.69) is 5.32 Å². The van der Waals surface area contributed by atoms with E-state index in [1.807, 2.05) is 6.92 Å². The molecule has 1 saturated heterocycles. The number of carboxylic acid groups (broad SMARTS) is 1. The van der Waals surface area contributed by atoms with E-state index in [4.69, 9.17) is 0 Å². The minimum Gasteiger partial charge on any atom is -0.480 e. The lowest BCUT2D eigenvalue weighted by Gasteiger charge is -2.24. The highest BCUT2D eigenvalue weighted by Gasteiger charge is 2.39. The second-order valence-corrected chi connectivity index (χ2v) is 5.13. The van der Waals surface area contributed by atoms with Crippen molar-refractivity contribution in [2.75, 3.05) is 11.9 Å². The Hall–Kier alpha value is -2.11. The van der Waals surface area contributed by atoms with Crippen molar-refractivity contribution in [1.29, 1.82) is 0 Å². The van der Waals surface area contributed by atoms with Crippen LogP contribution in [0.1, 0.15) is 18.9 Å². The second kappa shape index (κ2) is 5.48. The highest BCUT2D eigenvalue weighted by atomic mass is 19.1. The Labute approximate surface area is 116 Å². The van der Waals surface area contributed by atoms with Crippen molar-refractivity contribution >= 4 is 17.7 Å². The third kappa shape index (κ3) is 2.74. The molecule has 0 saturated carbocycles. The zero-order valence-corrected chi connectivity index (χ0v) is 11.4. The maximum atomic E-state index is 13.0. The number of nitrogens with zero attached hydrogens (tertiary/aromatic N) is 1. The number of aliphatic carboxylic acids is 1. The average molecular weight is 280 g/mol. The predicted octanol–water partition coefficient (Wildman–Crippen LogP) is 2.46. The van der Waals surface area contributed by atoms with Crippen LogP contribution in [0.25, 0.3) is 0 Å². The Balaban J connectivity index is 2.14. The number of amides is 2. The Morgan fingerprint density at radius 2 is 2.15 bits per heavy atom. The van der Waals surface area contributed by atoms with Gasteiger partial charge in [0.25, 0.3) is 0 Å². The molecule has 2 unspecified atom stereocenters. The summed E-state index contributed by atoms with van der Waals surface area (Å²) in [6.45, 7) is 3.90. The first kappa shape index (κ1) is 14.3. The van der Waals surface area contributed by atoms with E-state index in [1.165, 1.54) is 23.1 Å². The first-order valence-electron chi connectivity index (χ1n) is 6.46. The van der Waals surface area contributed by atoms with Gasteiger partial charge in [-0.2, -0.15) is 0 Å². The highest BCUT2D eigenvalue weighted by Crippen LogP contribution is 2.25. The largest absolute Gasteiger partial charge is 0.480 e. The number of carboxylic acids is 1. The fourth-order valence-electron chi connectivity index (χ4n) is 2.51. The molecule has 108 valence electrons. The number of hydrogen-bond donors (Lipinski definition) is 2. The van der Waals surface area contributed by atoms with Gasteiger partial charge in [0.2, 0.25) is 0 Å². The highest BCUT2D eigenvalue weighted by molar-refractivity contribution is 5.93. The molecule has 0 aromatic heterocycles. The number of hydrogen-bond acceptors (Lipinski definition) is 2. The summed E-state index contributed by atoms with van der Waals surface area (Å²) in [5.74, 6) is -1.45. The molecule has 20 heavy (non-hydrogen) atoms. The molecule has 2 amide bonds. The van der Waals surface area contributed by atoms with Gasteiger partial charge in [0, 0.05) is 12.2 Å². The maximum Gasteiger partial charge on any atom is 0.326 e. The fourth-order valence-corrected chi connectivity index (χ4v) is 2.51. The Morgan fingerprint density at radius 1 is 1.45 bits per heavy atom. The van der Waals surface area contributed by atoms with Gasteiger partial charge < -0.3 is 15.3 Å². The molecule has 0 aliphatic carbocycles. The Kier molecular flexibility index (Phi) is 3.92. The lowest BCUT2D eigenvalue weighted by atomic mass is 10.0. The summed E-state index contributed by atoms with van der Waals surface area (Å²) in [5.41, 5.74) is 1.08. The fraction of sp³-hybridized carbons (Fsp3) is 0.429. The molecule has 1 fully saturated rings. The van der Waals surface area contributed by atoms with Crippen molar-refractivity contribution in [1.82, 2.24) is 4.90 Å². The molecule has 6 heteroatoms. The zero-order valence-electron chi connectivity index (χ0n) is 11.4. The minimum absolute atomic E-state index is 0.0763. The predicted molar refractivity (Wildman–Crippen MR) is 72.1 cm³/mol. The zero-order chi connectivity index (χ0) is 14.9. The topological polar surface area (TPSA) is 69.6 Å². The third-order valence-electron chi connectivity index (χ3n) is 3.64. The molecule has 0 radical (unpaired) electrons. The van der Waals surface area contributed by atoms with Crippen LogP contribution in [-0.4, -0.2) is 34.6 Å². The van der Waals surface area contributed by atoms with Gasteiger partial charge in [0.1, 0.15) is 11.9 Å². The summed E-state index contributed by atoms with van der Waals surface area (Å²) in [4.78, 5) is 24.7. The quantitative estimate of drug-likeness (QED) is 0.874. The van der Waals surface area contributed by atoms with Gasteiger partial charge in [-0.25, -0.2) is 14.0 Å². The smallest absolute Gasteiger partial charge is 0.326 e. The van der Waals surface area contributed by atoms with Crippen molar-refractivity contribution in [2.45, 2.75) is 26.3 Å². The molecule has 1 aromatic rings. The summed E-state index contributed by atoms with van der Waals surface area (Å²) in [5, 5.41) is 11.8. The minimum atomic E-state index is -0.999. The van der Waals surface area contributed by atoms with Crippen LogP contribution in [0, 0.1) is 18.7 Å². The van der Waals surface area contributed by atoms with Gasteiger partial charge >= 0.3 is 12.0 Å². The lowest BCUT2D eigenvalue weighted by Crippen LogP contribution is -2.44. The van der Waals surface area contributed by atoms with Crippen LogP contribution in [-0.2, 0) is 4.79 Å². The number of rotatable bonds is 2. The lowest BCUT2D eigenvalue weighted by molar-refractivity contribution is -0.142. The van der Waals surface area contributed by atoms with Crippen molar-refractivity contribution in [3.63, 3.8) is 0 Å². The average Bonchev–Trinajstić information content (AvgIpc) is 2.74. The standard InChI is InChI=1S/C14H17FN2O3/c1-8-5-6-17(12(8)13(18)19)14(20)16-11-4-3-10(15)7-9(11)2/h3-4,7-8,12H,5-6H2,1-2H3,(H,16,20)(H,18,19). The van der Waals surface area contributed by atoms with Gasteiger partial charge in [-0.3, -0.25) is 0 Å². The molecule has 1 aliphatic rings. The van der Waals surface area contributed by atoms with Gasteiger partial charge in [-0.1, -0.05) is 6.92 Å². The van der Waals surface area contributed by atoms with Crippen LogP contribution >= 0.6 is 0 Å². The molecule has 2 rings (SSSR count). The molecule has 1 aromatic carbocycles. The summed E-state index contributed by atoms with van der Waals surface area (Å²) in [6, 6.07) is 2.77. The van der Waals surface area contributed by atoms with E-state index in [0.29, 0.717) is 24.2 Å². The van der Waals surface area contributed by atoms with Crippen LogP contribution in [0.2, 0.25) is 0 Å². The van der Waals surface area contributed by atoms with Gasteiger partial charge in [-0.15, -0.1) is 0 Å². The van der Waals surface area contributed by atoms with E-state index in [9.17, 15) is 19.1 Å². The number of carbonyl (C=O) groups excluding carboxylic acids is 1. The number of anilines is 1. The van der Waals surface area contributed by atoms with Crippen LogP contribution in [0.15, 0.2) is 18.2 Å². The van der Waals surface area contributed by atoms with Crippen LogP contribution in [0.4, 0.5) is 14.9 Å². The number of urea groups is 1. The van der Waals surface area contributed by atoms with E-state index in [1.54, 1.807) is 6.92 Å². The molecule has 2 N–H and O–H groups in total. The number of halogens is 1. The van der Waals surface area contributed by atoms with Crippen molar-refractivity contribution in [3.8, 4) is 0 Å². The summed E-state index contributed by atoms with van der Waals surface area (Å²) >= 11 is 0. The molecule has 1 aliphatic heterocycles. The number of benzene rings is 1. The van der Waals surface area contributed by atoms with E-state index >= 15 is 0 Å². The van der Waals surface area contributed by atoms with Crippen LogP contribution in [0.5, 0.6) is 0 Å². The normalized spacial score (nSPS) is 21.9. The Bertz CT molecular complexity index is 547. The number of carbonyl (C=O) groups is 2. The van der Waals surface area contributed by atoms with E-state index in [-0.39, 0.29) is 11.7 Å². The maximum absolute atomic E-state index is 13.0. The SMILES string of the molecule is Cc1cc(F)ccc1NC(=O)N1CCC(C)C1C(=O)O. The first-order valence-corrected chi connectivity index (χ1v) is 6.46. The Morgan fingerprint density at radius 3 is 2.75 bits per heavy atom. The molecule has 0 bridgehead atoms. The van der Waals surface area contributed by atoms with Crippen molar-refractivity contribution in [2.24, 2.45) is 5.92 Å². The molecule has 2 atom stereocenters. The first-order chi connectivity index (χ1) is 9.40.